The van der Waals surface area contributed by atoms with Crippen molar-refractivity contribution < 1.29 is 4.92 Å². The average molecular weight is 303 g/mol. The normalized spacial score (nSPS) is 10.8. The van der Waals surface area contributed by atoms with Gasteiger partial charge in [-0.1, -0.05) is 48.5 Å². The van der Waals surface area contributed by atoms with Crippen LogP contribution in [0.4, 0.5) is 17.1 Å². The quantitative estimate of drug-likeness (QED) is 0.353. The molecule has 23 heavy (non-hydrogen) atoms. The van der Waals surface area contributed by atoms with Gasteiger partial charge in [0.05, 0.1) is 16.3 Å². The summed E-state index contributed by atoms with van der Waals surface area (Å²) in [5.41, 5.74) is 2.88. The summed E-state index contributed by atoms with van der Waals surface area (Å²) in [4.78, 5) is 10.6. The predicted molar refractivity (Wildman–Crippen MR) is 89.2 cm³/mol. The van der Waals surface area contributed by atoms with Crippen LogP contribution in [0.3, 0.4) is 0 Å². The standard InChI is InChI=1S/C18H13N3O2/c22-21(23)16-11-12-18(20-19-15-9-5-2-6-10-15)17(13-16)14-7-3-1-4-8-14/h1-13H. The molecule has 0 heterocycles. The summed E-state index contributed by atoms with van der Waals surface area (Å²) in [6, 6.07) is 23.4. The van der Waals surface area contributed by atoms with Crippen molar-refractivity contribution in [3.63, 3.8) is 0 Å². The molecule has 0 fully saturated rings. The Labute approximate surface area is 133 Å². The minimum absolute atomic E-state index is 0.0301. The average Bonchev–Trinajstić information content (AvgIpc) is 2.61. The highest BCUT2D eigenvalue weighted by atomic mass is 16.6. The molecule has 0 aromatic heterocycles. The maximum atomic E-state index is 11.0. The summed E-state index contributed by atoms with van der Waals surface area (Å²) in [6.07, 6.45) is 0. The van der Waals surface area contributed by atoms with Gasteiger partial charge in [-0.15, -0.1) is 5.11 Å². The number of nitro groups is 1. The molecule has 0 aliphatic carbocycles. The third-order valence-electron chi connectivity index (χ3n) is 3.31. The Morgan fingerprint density at radius 3 is 2.09 bits per heavy atom. The summed E-state index contributed by atoms with van der Waals surface area (Å²) in [6.45, 7) is 0. The molecule has 0 saturated carbocycles. The maximum absolute atomic E-state index is 11.0. The van der Waals surface area contributed by atoms with Gasteiger partial charge in [-0.3, -0.25) is 10.1 Å². The lowest BCUT2D eigenvalue weighted by Crippen LogP contribution is -1.88. The minimum Gasteiger partial charge on any atom is -0.258 e. The van der Waals surface area contributed by atoms with Gasteiger partial charge in [0.25, 0.3) is 5.69 Å². The van der Waals surface area contributed by atoms with Crippen LogP contribution in [0, 0.1) is 10.1 Å². The van der Waals surface area contributed by atoms with Crippen LogP contribution in [0.15, 0.2) is 89.1 Å². The Kier molecular flexibility index (Phi) is 4.20. The second-order valence-electron chi connectivity index (χ2n) is 4.86. The molecule has 112 valence electrons. The molecule has 0 N–H and O–H groups in total. The van der Waals surface area contributed by atoms with Crippen molar-refractivity contribution in [3.05, 3.63) is 89.0 Å². The van der Waals surface area contributed by atoms with Crippen LogP contribution in [0.1, 0.15) is 0 Å². The van der Waals surface area contributed by atoms with Gasteiger partial charge in [-0.2, -0.15) is 5.11 Å². The van der Waals surface area contributed by atoms with E-state index in [0.717, 1.165) is 11.3 Å². The number of hydrogen-bond donors (Lipinski definition) is 0. The van der Waals surface area contributed by atoms with Gasteiger partial charge in [0.15, 0.2) is 0 Å². The molecule has 3 aromatic carbocycles. The zero-order valence-corrected chi connectivity index (χ0v) is 12.2. The SMILES string of the molecule is O=[N+]([O-])c1ccc(N=Nc2ccccc2)c(-c2ccccc2)c1. The highest BCUT2D eigenvalue weighted by Gasteiger charge is 2.12. The second-order valence-corrected chi connectivity index (χ2v) is 4.86. The lowest BCUT2D eigenvalue weighted by molar-refractivity contribution is -0.384. The van der Waals surface area contributed by atoms with E-state index in [1.54, 1.807) is 6.07 Å². The van der Waals surface area contributed by atoms with E-state index in [4.69, 9.17) is 0 Å². The Morgan fingerprint density at radius 1 is 0.783 bits per heavy atom. The Morgan fingerprint density at radius 2 is 1.43 bits per heavy atom. The molecule has 0 spiro atoms. The Balaban J connectivity index is 2.06. The maximum Gasteiger partial charge on any atom is 0.270 e. The molecule has 0 amide bonds. The van der Waals surface area contributed by atoms with E-state index in [1.165, 1.54) is 12.1 Å². The van der Waals surface area contributed by atoms with E-state index in [9.17, 15) is 10.1 Å². The smallest absolute Gasteiger partial charge is 0.258 e. The molecule has 5 heteroatoms. The summed E-state index contributed by atoms with van der Waals surface area (Å²) >= 11 is 0. The van der Waals surface area contributed by atoms with Gasteiger partial charge in [0.1, 0.15) is 0 Å². The summed E-state index contributed by atoms with van der Waals surface area (Å²) in [7, 11) is 0. The van der Waals surface area contributed by atoms with E-state index in [2.05, 4.69) is 10.2 Å². The molecule has 3 aromatic rings. The van der Waals surface area contributed by atoms with Gasteiger partial charge in [-0.05, 0) is 23.8 Å². The lowest BCUT2D eigenvalue weighted by atomic mass is 10.0. The monoisotopic (exact) mass is 303 g/mol. The first-order chi connectivity index (χ1) is 11.2. The number of non-ortho nitro benzene ring substituents is 1. The number of rotatable bonds is 4. The first-order valence-electron chi connectivity index (χ1n) is 7.05. The molecule has 0 atom stereocenters. The number of azo groups is 1. The Hall–Kier alpha value is -3.34. The molecule has 5 nitrogen and oxygen atoms in total. The van der Waals surface area contributed by atoms with Gasteiger partial charge in [-0.25, -0.2) is 0 Å². The van der Waals surface area contributed by atoms with E-state index < -0.39 is 4.92 Å². The first-order valence-corrected chi connectivity index (χ1v) is 7.05. The van der Waals surface area contributed by atoms with Crippen LogP contribution in [-0.4, -0.2) is 4.92 Å². The van der Waals surface area contributed by atoms with E-state index >= 15 is 0 Å². The van der Waals surface area contributed by atoms with Crippen LogP contribution in [0.25, 0.3) is 11.1 Å². The van der Waals surface area contributed by atoms with Crippen LogP contribution in [0.2, 0.25) is 0 Å². The van der Waals surface area contributed by atoms with Crippen LogP contribution >= 0.6 is 0 Å². The van der Waals surface area contributed by atoms with E-state index in [-0.39, 0.29) is 5.69 Å². The predicted octanol–water partition coefficient (Wildman–Crippen LogP) is 5.68. The van der Waals surface area contributed by atoms with E-state index in [1.807, 2.05) is 60.7 Å². The van der Waals surface area contributed by atoms with Crippen molar-refractivity contribution >= 4 is 17.1 Å². The van der Waals surface area contributed by atoms with Crippen LogP contribution in [0.5, 0.6) is 0 Å². The third kappa shape index (κ3) is 3.47. The van der Waals surface area contributed by atoms with Crippen LogP contribution in [-0.2, 0) is 0 Å². The van der Waals surface area contributed by atoms with Gasteiger partial charge in [0, 0.05) is 17.7 Å². The van der Waals surface area contributed by atoms with Gasteiger partial charge in [0.2, 0.25) is 0 Å². The minimum atomic E-state index is -0.412. The summed E-state index contributed by atoms with van der Waals surface area (Å²) in [5, 5.41) is 19.5. The summed E-state index contributed by atoms with van der Waals surface area (Å²) in [5.74, 6) is 0. The second kappa shape index (κ2) is 6.62. The lowest BCUT2D eigenvalue weighted by Gasteiger charge is -2.05. The van der Waals surface area contributed by atoms with E-state index in [0.29, 0.717) is 11.3 Å². The third-order valence-corrected chi connectivity index (χ3v) is 3.31. The molecule has 0 radical (unpaired) electrons. The molecule has 0 aliphatic heterocycles. The largest absolute Gasteiger partial charge is 0.270 e. The molecule has 0 bridgehead atoms. The van der Waals surface area contributed by atoms with Crippen molar-refractivity contribution in [2.45, 2.75) is 0 Å². The van der Waals surface area contributed by atoms with Crippen molar-refractivity contribution in [2.75, 3.05) is 0 Å². The topological polar surface area (TPSA) is 67.9 Å². The molecule has 0 aliphatic rings. The van der Waals surface area contributed by atoms with Crippen LogP contribution < -0.4 is 0 Å². The zero-order chi connectivity index (χ0) is 16.1. The molecular formula is C18H13N3O2. The molecule has 3 rings (SSSR count). The highest BCUT2D eigenvalue weighted by Crippen LogP contribution is 2.34. The molecule has 0 saturated heterocycles. The van der Waals surface area contributed by atoms with Crippen molar-refractivity contribution in [1.29, 1.82) is 0 Å². The summed E-state index contributed by atoms with van der Waals surface area (Å²) < 4.78 is 0. The highest BCUT2D eigenvalue weighted by molar-refractivity contribution is 5.77. The molecule has 0 unspecified atom stereocenters. The van der Waals surface area contributed by atoms with Gasteiger partial charge < -0.3 is 0 Å². The van der Waals surface area contributed by atoms with Crippen molar-refractivity contribution in [1.82, 2.24) is 0 Å². The number of benzene rings is 3. The molecular weight excluding hydrogens is 290 g/mol. The fourth-order valence-corrected chi connectivity index (χ4v) is 2.18. The fraction of sp³-hybridized carbons (Fsp3) is 0. The number of nitro benzene ring substituents is 1. The first kappa shape index (κ1) is 14.6. The zero-order valence-electron chi connectivity index (χ0n) is 12.2. The number of nitrogens with zero attached hydrogens (tertiary/aromatic N) is 3. The van der Waals surface area contributed by atoms with Crippen molar-refractivity contribution in [3.8, 4) is 11.1 Å². The fourth-order valence-electron chi connectivity index (χ4n) is 2.18. The van der Waals surface area contributed by atoms with Crippen molar-refractivity contribution in [2.24, 2.45) is 10.2 Å². The number of hydrogen-bond acceptors (Lipinski definition) is 4. The Bertz CT molecular complexity index is 847. The van der Waals surface area contributed by atoms with Gasteiger partial charge >= 0.3 is 0 Å².